The first kappa shape index (κ1) is 12.2. The lowest BCUT2D eigenvalue weighted by molar-refractivity contribution is 0.0925. The van der Waals surface area contributed by atoms with E-state index in [4.69, 9.17) is 0 Å². The van der Waals surface area contributed by atoms with Crippen LogP contribution >= 0.6 is 15.9 Å². The Balaban J connectivity index is 1.75. The van der Waals surface area contributed by atoms with Gasteiger partial charge in [0.15, 0.2) is 0 Å². The van der Waals surface area contributed by atoms with E-state index >= 15 is 0 Å². The second kappa shape index (κ2) is 4.69. The maximum absolute atomic E-state index is 12.4. The van der Waals surface area contributed by atoms with Gasteiger partial charge in [-0.3, -0.25) is 4.79 Å². The van der Waals surface area contributed by atoms with Crippen molar-refractivity contribution in [1.82, 2.24) is 5.32 Å². The zero-order chi connectivity index (χ0) is 12.7. The highest BCUT2D eigenvalue weighted by Crippen LogP contribution is 2.44. The lowest BCUT2D eigenvalue weighted by Crippen LogP contribution is -2.38. The van der Waals surface area contributed by atoms with Crippen molar-refractivity contribution in [1.29, 1.82) is 0 Å². The van der Waals surface area contributed by atoms with Crippen molar-refractivity contribution < 1.29 is 4.79 Å². The maximum atomic E-state index is 12.4. The van der Waals surface area contributed by atoms with E-state index in [2.05, 4.69) is 21.2 Å². The molecule has 2 saturated carbocycles. The highest BCUT2D eigenvalue weighted by molar-refractivity contribution is 9.10. The summed E-state index contributed by atoms with van der Waals surface area (Å²) < 4.78 is 0.965. The molecular formula is C15H18BrNO. The van der Waals surface area contributed by atoms with E-state index < -0.39 is 0 Å². The molecular weight excluding hydrogens is 290 g/mol. The van der Waals surface area contributed by atoms with Crippen LogP contribution in [0.4, 0.5) is 0 Å². The molecule has 0 unspecified atom stereocenters. The standard InChI is InChI=1S/C15H18BrNO/c1-9-2-7-12(16)8-13(9)15(18)17-14(10-3-4-10)11-5-6-11/h2,7-8,10-11,14H,3-6H2,1H3,(H,17,18). The van der Waals surface area contributed by atoms with Crippen LogP contribution < -0.4 is 5.32 Å². The first-order valence-electron chi connectivity index (χ1n) is 6.72. The zero-order valence-electron chi connectivity index (χ0n) is 10.6. The molecule has 3 heteroatoms. The Morgan fingerprint density at radius 1 is 1.28 bits per heavy atom. The molecule has 0 heterocycles. The third-order valence-electron chi connectivity index (χ3n) is 4.00. The maximum Gasteiger partial charge on any atom is 0.251 e. The molecule has 1 aromatic rings. The number of benzene rings is 1. The van der Waals surface area contributed by atoms with Gasteiger partial charge < -0.3 is 5.32 Å². The fraction of sp³-hybridized carbons (Fsp3) is 0.533. The summed E-state index contributed by atoms with van der Waals surface area (Å²) in [5.74, 6) is 1.58. The lowest BCUT2D eigenvalue weighted by atomic mass is 10.0. The van der Waals surface area contributed by atoms with Crippen molar-refractivity contribution in [2.45, 2.75) is 38.6 Å². The van der Waals surface area contributed by atoms with Gasteiger partial charge in [0.2, 0.25) is 0 Å². The Bertz CT molecular complexity index is 465. The first-order chi connectivity index (χ1) is 8.65. The summed E-state index contributed by atoms with van der Waals surface area (Å²) >= 11 is 3.43. The molecule has 2 nitrogen and oxygen atoms in total. The number of carbonyl (C=O) groups is 1. The van der Waals surface area contributed by atoms with E-state index in [0.29, 0.717) is 6.04 Å². The van der Waals surface area contributed by atoms with E-state index in [1.807, 2.05) is 25.1 Å². The predicted molar refractivity (Wildman–Crippen MR) is 75.6 cm³/mol. The van der Waals surface area contributed by atoms with Gasteiger partial charge in [-0.2, -0.15) is 0 Å². The first-order valence-corrected chi connectivity index (χ1v) is 7.51. The molecule has 96 valence electrons. The fourth-order valence-corrected chi connectivity index (χ4v) is 2.96. The minimum Gasteiger partial charge on any atom is -0.349 e. The van der Waals surface area contributed by atoms with Gasteiger partial charge >= 0.3 is 0 Å². The molecule has 2 fully saturated rings. The molecule has 0 saturated heterocycles. The Morgan fingerprint density at radius 3 is 2.44 bits per heavy atom. The van der Waals surface area contributed by atoms with Gasteiger partial charge in [-0.25, -0.2) is 0 Å². The van der Waals surface area contributed by atoms with E-state index in [9.17, 15) is 4.79 Å². The molecule has 0 aromatic heterocycles. The van der Waals surface area contributed by atoms with Crippen LogP contribution in [0, 0.1) is 18.8 Å². The largest absolute Gasteiger partial charge is 0.349 e. The zero-order valence-corrected chi connectivity index (χ0v) is 12.2. The third kappa shape index (κ3) is 2.61. The van der Waals surface area contributed by atoms with Crippen molar-refractivity contribution in [3.05, 3.63) is 33.8 Å². The van der Waals surface area contributed by atoms with Crippen LogP contribution in [0.25, 0.3) is 0 Å². The van der Waals surface area contributed by atoms with Crippen LogP contribution in [0.15, 0.2) is 22.7 Å². The molecule has 3 rings (SSSR count). The normalized spacial score (nSPS) is 19.1. The molecule has 1 N–H and O–H groups in total. The molecule has 0 aliphatic heterocycles. The number of hydrogen-bond donors (Lipinski definition) is 1. The monoisotopic (exact) mass is 307 g/mol. The lowest BCUT2D eigenvalue weighted by Gasteiger charge is -2.18. The number of nitrogens with one attached hydrogen (secondary N) is 1. The Kier molecular flexibility index (Phi) is 3.18. The summed E-state index contributed by atoms with van der Waals surface area (Å²) in [5.41, 5.74) is 1.84. The molecule has 1 aromatic carbocycles. The SMILES string of the molecule is Cc1ccc(Br)cc1C(=O)NC(C1CC1)C1CC1. The van der Waals surface area contributed by atoms with E-state index in [1.54, 1.807) is 0 Å². The Labute approximate surface area is 116 Å². The van der Waals surface area contributed by atoms with Gasteiger partial charge in [0, 0.05) is 16.1 Å². The Morgan fingerprint density at radius 2 is 1.89 bits per heavy atom. The summed E-state index contributed by atoms with van der Waals surface area (Å²) in [5, 5.41) is 3.27. The predicted octanol–water partition coefficient (Wildman–Crippen LogP) is 3.68. The molecule has 2 aliphatic rings. The van der Waals surface area contributed by atoms with Crippen molar-refractivity contribution >= 4 is 21.8 Å². The van der Waals surface area contributed by atoms with E-state index in [0.717, 1.165) is 27.4 Å². The molecule has 1 amide bonds. The third-order valence-corrected chi connectivity index (χ3v) is 4.50. The summed E-state index contributed by atoms with van der Waals surface area (Å²) in [4.78, 5) is 12.4. The highest BCUT2D eigenvalue weighted by Gasteiger charge is 2.42. The van der Waals surface area contributed by atoms with Crippen molar-refractivity contribution in [3.8, 4) is 0 Å². The highest BCUT2D eigenvalue weighted by atomic mass is 79.9. The summed E-state index contributed by atoms with van der Waals surface area (Å²) in [6.07, 6.45) is 5.16. The quantitative estimate of drug-likeness (QED) is 0.903. The minimum atomic E-state index is 0.0950. The molecule has 2 aliphatic carbocycles. The molecule has 18 heavy (non-hydrogen) atoms. The number of carbonyl (C=O) groups excluding carboxylic acids is 1. The molecule has 0 radical (unpaired) electrons. The number of aryl methyl sites for hydroxylation is 1. The fourth-order valence-electron chi connectivity index (χ4n) is 2.60. The van der Waals surface area contributed by atoms with Crippen LogP contribution in [-0.4, -0.2) is 11.9 Å². The van der Waals surface area contributed by atoms with Gasteiger partial charge in [0.25, 0.3) is 5.91 Å². The van der Waals surface area contributed by atoms with Gasteiger partial charge in [0.05, 0.1) is 0 Å². The van der Waals surface area contributed by atoms with Crippen molar-refractivity contribution in [2.24, 2.45) is 11.8 Å². The van der Waals surface area contributed by atoms with Gasteiger partial charge in [0.1, 0.15) is 0 Å². The topological polar surface area (TPSA) is 29.1 Å². The van der Waals surface area contributed by atoms with Crippen LogP contribution in [0.5, 0.6) is 0 Å². The second-order valence-electron chi connectivity index (χ2n) is 5.63. The van der Waals surface area contributed by atoms with Gasteiger partial charge in [-0.15, -0.1) is 0 Å². The average molecular weight is 308 g/mol. The van der Waals surface area contributed by atoms with Crippen molar-refractivity contribution in [3.63, 3.8) is 0 Å². The van der Waals surface area contributed by atoms with Crippen molar-refractivity contribution in [2.75, 3.05) is 0 Å². The van der Waals surface area contributed by atoms with E-state index in [-0.39, 0.29) is 5.91 Å². The Hall–Kier alpha value is -0.830. The molecule has 0 atom stereocenters. The number of amides is 1. The van der Waals surface area contributed by atoms with Crippen LogP contribution in [0.1, 0.15) is 41.6 Å². The molecule has 0 bridgehead atoms. The second-order valence-corrected chi connectivity index (χ2v) is 6.55. The summed E-state index contributed by atoms with van der Waals surface area (Å²) in [6, 6.07) is 6.31. The van der Waals surface area contributed by atoms with E-state index in [1.165, 1.54) is 25.7 Å². The smallest absolute Gasteiger partial charge is 0.251 e. The minimum absolute atomic E-state index is 0.0950. The van der Waals surface area contributed by atoms with Crippen LogP contribution in [0.3, 0.4) is 0 Å². The van der Waals surface area contributed by atoms with Gasteiger partial charge in [-0.1, -0.05) is 22.0 Å². The average Bonchev–Trinajstić information content (AvgIpc) is 3.21. The van der Waals surface area contributed by atoms with Gasteiger partial charge in [-0.05, 0) is 62.1 Å². The number of hydrogen-bond acceptors (Lipinski definition) is 1. The van der Waals surface area contributed by atoms with Crippen LogP contribution in [0.2, 0.25) is 0 Å². The summed E-state index contributed by atoms with van der Waals surface area (Å²) in [7, 11) is 0. The van der Waals surface area contributed by atoms with Crippen LogP contribution in [-0.2, 0) is 0 Å². The number of rotatable bonds is 4. The summed E-state index contributed by atoms with van der Waals surface area (Å²) in [6.45, 7) is 1.99. The molecule has 0 spiro atoms. The number of halogens is 1.